The molecule has 0 spiro atoms. The predicted molar refractivity (Wildman–Crippen MR) is 171 cm³/mol. The Morgan fingerprint density at radius 2 is 1.91 bits per heavy atom. The van der Waals surface area contributed by atoms with Crippen LogP contribution < -0.4 is 10.1 Å². The summed E-state index contributed by atoms with van der Waals surface area (Å²) in [6, 6.07) is 15.8. The molecule has 0 saturated heterocycles. The number of H-pyrrole nitrogens is 2. The maximum Gasteiger partial charge on any atom is 0.303 e. The number of hydrogen-bond donors (Lipinski definition) is 4. The fraction of sp³-hybridized carbons (Fsp3) is 0.273. The van der Waals surface area contributed by atoms with Gasteiger partial charge in [0.25, 0.3) is 0 Å². The zero-order chi connectivity index (χ0) is 30.3. The van der Waals surface area contributed by atoms with Gasteiger partial charge in [0, 0.05) is 63.1 Å². The van der Waals surface area contributed by atoms with Crippen LogP contribution in [-0.4, -0.2) is 33.1 Å². The number of imidazole rings is 1. The number of nitrogens with zero attached hydrogens (tertiary/aromatic N) is 1. The number of carbonyl (C=O) groups is 1. The maximum atomic E-state index is 15.2. The molecule has 0 amide bonds. The lowest BCUT2D eigenvalue weighted by atomic mass is 9.90. The second kappa shape index (κ2) is 14.1. The number of aromatic nitrogens is 3. The lowest BCUT2D eigenvalue weighted by Gasteiger charge is -2.17. The molecule has 0 fully saturated rings. The lowest BCUT2D eigenvalue weighted by Crippen LogP contribution is -2.08. The third kappa shape index (κ3) is 7.42. The third-order valence-electron chi connectivity index (χ3n) is 7.49. The third-order valence-corrected chi connectivity index (χ3v) is 8.16. The molecular weight excluding hydrogens is 665 g/mol. The Balaban J connectivity index is 1.40. The van der Waals surface area contributed by atoms with Crippen molar-refractivity contribution in [3.8, 4) is 22.9 Å². The highest BCUT2D eigenvalue weighted by Gasteiger charge is 2.21. The average Bonchev–Trinajstić information content (AvgIpc) is 3.65. The van der Waals surface area contributed by atoms with Gasteiger partial charge >= 0.3 is 5.97 Å². The molecule has 0 bridgehead atoms. The number of carboxylic acids is 1. The van der Waals surface area contributed by atoms with E-state index in [9.17, 15) is 4.79 Å². The largest absolute Gasteiger partial charge is 0.481 e. The van der Waals surface area contributed by atoms with Crippen LogP contribution in [0.4, 0.5) is 8.78 Å². The quantitative estimate of drug-likeness (QED) is 0.0688. The van der Waals surface area contributed by atoms with Crippen molar-refractivity contribution >= 4 is 39.5 Å². The van der Waals surface area contributed by atoms with Gasteiger partial charge in [-0.25, -0.2) is 13.8 Å². The number of nitrogens with one attached hydrogen (secondary N) is 3. The summed E-state index contributed by atoms with van der Waals surface area (Å²) in [6.07, 6.45) is 7.84. The van der Waals surface area contributed by atoms with E-state index < -0.39 is 17.6 Å². The molecule has 2 aromatic heterocycles. The molecule has 224 valence electrons. The number of ether oxygens (including phenoxy) is 1. The first-order valence-electron chi connectivity index (χ1n) is 14.3. The summed E-state index contributed by atoms with van der Waals surface area (Å²) in [6.45, 7) is 0.385. The number of carboxylic acid groups (broad SMARTS) is 1. The van der Waals surface area contributed by atoms with E-state index in [1.54, 1.807) is 19.4 Å². The number of rotatable bonds is 14. The summed E-state index contributed by atoms with van der Waals surface area (Å²) in [5.74, 6) is -1.04. The molecule has 1 unspecified atom stereocenters. The molecule has 0 aliphatic rings. The van der Waals surface area contributed by atoms with Crippen LogP contribution in [0.3, 0.4) is 0 Å². The normalized spacial score (nSPS) is 12.1. The van der Waals surface area contributed by atoms with Crippen LogP contribution in [0.5, 0.6) is 11.5 Å². The van der Waals surface area contributed by atoms with Crippen LogP contribution in [0.1, 0.15) is 61.3 Å². The summed E-state index contributed by atoms with van der Waals surface area (Å²) >= 11 is 2.29. The number of benzene rings is 3. The van der Waals surface area contributed by atoms with Crippen molar-refractivity contribution in [3.63, 3.8) is 0 Å². The fourth-order valence-corrected chi connectivity index (χ4v) is 5.97. The van der Waals surface area contributed by atoms with E-state index in [0.717, 1.165) is 45.9 Å². The first-order chi connectivity index (χ1) is 20.8. The van der Waals surface area contributed by atoms with Gasteiger partial charge in [-0.15, -0.1) is 0 Å². The van der Waals surface area contributed by atoms with Gasteiger partial charge in [0.2, 0.25) is 0 Å². The number of aromatic amines is 2. The zero-order valence-corrected chi connectivity index (χ0v) is 25.9. The van der Waals surface area contributed by atoms with Crippen molar-refractivity contribution in [2.45, 2.75) is 51.0 Å². The van der Waals surface area contributed by atoms with Gasteiger partial charge in [0.05, 0.1) is 5.56 Å². The Kier molecular flexibility index (Phi) is 10.1. The Bertz CT molecular complexity index is 1720. The summed E-state index contributed by atoms with van der Waals surface area (Å²) in [4.78, 5) is 21.7. The van der Waals surface area contributed by atoms with Crippen molar-refractivity contribution in [2.75, 3.05) is 7.05 Å². The van der Waals surface area contributed by atoms with Gasteiger partial charge in [-0.3, -0.25) is 4.79 Å². The molecule has 1 atom stereocenters. The summed E-state index contributed by atoms with van der Waals surface area (Å²) in [7, 11) is 1.78. The molecule has 0 saturated carbocycles. The minimum absolute atomic E-state index is 0.00390. The standard InChI is InChI=1S/C33H33F2IN4O3/c1-37-18-26-24-13-14-38-29(24)17-28(35)32(26)43-22-11-12-27(34)25(16-22)33-39-19-30(40-33)23(20-7-6-8-21(36)15-20)9-4-2-3-5-10-31(41)42/h6-8,11-17,19,23,37-38H,2-5,9-10,18H2,1H3,(H,39,40)(H,41,42). The van der Waals surface area contributed by atoms with E-state index in [1.807, 2.05) is 18.2 Å². The van der Waals surface area contributed by atoms with E-state index in [2.05, 4.69) is 55.0 Å². The molecular formula is C33H33F2IN4O3. The smallest absolute Gasteiger partial charge is 0.303 e. The Morgan fingerprint density at radius 3 is 2.70 bits per heavy atom. The molecule has 3 aromatic carbocycles. The van der Waals surface area contributed by atoms with Gasteiger partial charge in [-0.1, -0.05) is 31.4 Å². The fourth-order valence-electron chi connectivity index (χ4n) is 5.41. The molecule has 4 N–H and O–H groups in total. The van der Waals surface area contributed by atoms with Gasteiger partial charge in [0.1, 0.15) is 17.4 Å². The van der Waals surface area contributed by atoms with Crippen molar-refractivity contribution in [2.24, 2.45) is 0 Å². The highest BCUT2D eigenvalue weighted by Crippen LogP contribution is 2.37. The number of fused-ring (bicyclic) bond motifs is 1. The van der Waals surface area contributed by atoms with E-state index in [1.165, 1.54) is 24.3 Å². The molecule has 0 aliphatic carbocycles. The topological polar surface area (TPSA) is 103 Å². The number of halogens is 3. The van der Waals surface area contributed by atoms with Crippen molar-refractivity contribution < 1.29 is 23.4 Å². The Hall–Kier alpha value is -3.77. The lowest BCUT2D eigenvalue weighted by molar-refractivity contribution is -0.137. The number of unbranched alkanes of at least 4 members (excludes halogenated alkanes) is 3. The van der Waals surface area contributed by atoms with Crippen molar-refractivity contribution in [1.29, 1.82) is 0 Å². The van der Waals surface area contributed by atoms with Gasteiger partial charge < -0.3 is 25.1 Å². The van der Waals surface area contributed by atoms with Gasteiger partial charge in [0.15, 0.2) is 11.6 Å². The first kappa shape index (κ1) is 30.7. The highest BCUT2D eigenvalue weighted by atomic mass is 127. The molecule has 0 radical (unpaired) electrons. The van der Waals surface area contributed by atoms with E-state index in [0.29, 0.717) is 29.9 Å². The van der Waals surface area contributed by atoms with Crippen LogP contribution in [0.2, 0.25) is 0 Å². The minimum atomic E-state index is -0.770. The second-order valence-electron chi connectivity index (χ2n) is 10.5. The highest BCUT2D eigenvalue weighted by molar-refractivity contribution is 14.1. The molecule has 7 nitrogen and oxygen atoms in total. The average molecular weight is 699 g/mol. The molecule has 5 aromatic rings. The SMILES string of the molecule is CNCc1c(Oc2ccc(F)c(-c3ncc(C(CCCCCCC(=O)O)c4cccc(I)c4)[nH]3)c2)c(F)cc2[nH]ccc12. The Morgan fingerprint density at radius 1 is 1.07 bits per heavy atom. The molecule has 10 heteroatoms. The van der Waals surface area contributed by atoms with Crippen LogP contribution in [0.25, 0.3) is 22.3 Å². The minimum Gasteiger partial charge on any atom is -0.481 e. The van der Waals surface area contributed by atoms with E-state index in [4.69, 9.17) is 9.84 Å². The monoisotopic (exact) mass is 698 g/mol. The molecule has 43 heavy (non-hydrogen) atoms. The summed E-state index contributed by atoms with van der Waals surface area (Å²) < 4.78 is 37.5. The van der Waals surface area contributed by atoms with Gasteiger partial charge in [-0.05, 0) is 84.4 Å². The van der Waals surface area contributed by atoms with Crippen molar-refractivity contribution in [3.05, 3.63) is 99.0 Å². The second-order valence-corrected chi connectivity index (χ2v) is 11.8. The summed E-state index contributed by atoms with van der Waals surface area (Å²) in [5.41, 5.74) is 3.53. The molecule has 0 aliphatic heterocycles. The van der Waals surface area contributed by atoms with Crippen LogP contribution in [0.15, 0.2) is 67.0 Å². The number of hydrogen-bond acceptors (Lipinski definition) is 4. The first-order valence-corrected chi connectivity index (χ1v) is 15.3. The van der Waals surface area contributed by atoms with Crippen LogP contribution in [-0.2, 0) is 11.3 Å². The zero-order valence-electron chi connectivity index (χ0n) is 23.7. The van der Waals surface area contributed by atoms with Crippen LogP contribution in [0, 0.1) is 15.2 Å². The van der Waals surface area contributed by atoms with E-state index >= 15 is 8.78 Å². The van der Waals surface area contributed by atoms with E-state index in [-0.39, 0.29) is 29.4 Å². The number of aliphatic carboxylic acids is 1. The summed E-state index contributed by atoms with van der Waals surface area (Å²) in [5, 5.41) is 12.8. The maximum absolute atomic E-state index is 15.2. The van der Waals surface area contributed by atoms with Gasteiger partial charge in [-0.2, -0.15) is 0 Å². The molecule has 2 heterocycles. The van der Waals surface area contributed by atoms with Crippen LogP contribution >= 0.6 is 22.6 Å². The Labute approximate surface area is 262 Å². The van der Waals surface area contributed by atoms with Crippen molar-refractivity contribution in [1.82, 2.24) is 20.3 Å². The predicted octanol–water partition coefficient (Wildman–Crippen LogP) is 8.51. The molecule has 5 rings (SSSR count).